The summed E-state index contributed by atoms with van der Waals surface area (Å²) < 4.78 is 27.5. The maximum absolute atomic E-state index is 12.9. The molecule has 0 spiro atoms. The van der Waals surface area contributed by atoms with Crippen molar-refractivity contribution in [1.29, 1.82) is 0 Å². The SMILES string of the molecule is O=S(=O)(c1cccc2c(Cl)cccc12)N1CCC[NH2+]CC1. The van der Waals surface area contributed by atoms with Gasteiger partial charge in [0.2, 0.25) is 10.0 Å². The molecule has 0 bridgehead atoms. The number of fused-ring (bicyclic) bond motifs is 1. The lowest BCUT2D eigenvalue weighted by molar-refractivity contribution is -0.651. The third-order valence-electron chi connectivity index (χ3n) is 3.85. The van der Waals surface area contributed by atoms with E-state index in [9.17, 15) is 8.42 Å². The van der Waals surface area contributed by atoms with Gasteiger partial charge in [-0.25, -0.2) is 8.42 Å². The van der Waals surface area contributed by atoms with Crippen LogP contribution in [-0.2, 0) is 10.0 Å². The van der Waals surface area contributed by atoms with E-state index in [2.05, 4.69) is 5.32 Å². The molecule has 4 nitrogen and oxygen atoms in total. The molecule has 0 aromatic heterocycles. The van der Waals surface area contributed by atoms with E-state index in [1.165, 1.54) is 0 Å². The highest BCUT2D eigenvalue weighted by molar-refractivity contribution is 7.89. The molecule has 0 radical (unpaired) electrons. The third kappa shape index (κ3) is 2.79. The second-order valence-corrected chi connectivity index (χ2v) is 7.53. The number of hydrogen-bond acceptors (Lipinski definition) is 2. The zero-order valence-electron chi connectivity index (χ0n) is 11.6. The molecule has 2 aromatic rings. The molecular weight excluding hydrogens is 308 g/mol. The molecule has 1 aliphatic heterocycles. The van der Waals surface area contributed by atoms with Gasteiger partial charge in [0.1, 0.15) is 0 Å². The van der Waals surface area contributed by atoms with Gasteiger partial charge in [0.25, 0.3) is 0 Å². The van der Waals surface area contributed by atoms with Gasteiger partial charge in [-0.1, -0.05) is 35.9 Å². The summed E-state index contributed by atoms with van der Waals surface area (Å²) in [5.74, 6) is 0. The first-order valence-electron chi connectivity index (χ1n) is 7.10. The van der Waals surface area contributed by atoms with Crippen LogP contribution >= 0.6 is 11.6 Å². The van der Waals surface area contributed by atoms with Crippen molar-refractivity contribution in [2.75, 3.05) is 26.2 Å². The second kappa shape index (κ2) is 5.93. The van der Waals surface area contributed by atoms with E-state index in [0.29, 0.717) is 28.4 Å². The fourth-order valence-corrected chi connectivity index (χ4v) is 4.69. The van der Waals surface area contributed by atoms with Crippen LogP contribution in [-0.4, -0.2) is 38.9 Å². The summed E-state index contributed by atoms with van der Waals surface area (Å²) in [7, 11) is -3.47. The van der Waals surface area contributed by atoms with Crippen molar-refractivity contribution in [3.05, 3.63) is 41.4 Å². The molecule has 1 aliphatic rings. The lowest BCUT2D eigenvalue weighted by Gasteiger charge is -2.20. The molecule has 1 saturated heterocycles. The first-order chi connectivity index (χ1) is 10.1. The highest BCUT2D eigenvalue weighted by atomic mass is 35.5. The quantitative estimate of drug-likeness (QED) is 0.908. The molecular formula is C15H18ClN2O2S+. The number of hydrogen-bond donors (Lipinski definition) is 1. The van der Waals surface area contributed by atoms with E-state index in [1.807, 2.05) is 12.1 Å². The molecule has 3 rings (SSSR count). The number of nitrogens with two attached hydrogens (primary N) is 1. The van der Waals surface area contributed by atoms with Gasteiger partial charge in [-0.05, 0) is 12.1 Å². The van der Waals surface area contributed by atoms with Crippen molar-refractivity contribution in [1.82, 2.24) is 4.31 Å². The molecule has 0 aliphatic carbocycles. The summed E-state index contributed by atoms with van der Waals surface area (Å²) in [5, 5.41) is 4.21. The number of benzene rings is 2. The Kier molecular flexibility index (Phi) is 4.17. The van der Waals surface area contributed by atoms with Crippen LogP contribution < -0.4 is 5.32 Å². The molecule has 21 heavy (non-hydrogen) atoms. The number of nitrogens with zero attached hydrogens (tertiary/aromatic N) is 1. The number of quaternary nitrogens is 1. The van der Waals surface area contributed by atoms with Crippen LogP contribution in [0.1, 0.15) is 6.42 Å². The Hall–Kier alpha value is -1.14. The van der Waals surface area contributed by atoms with Crippen LogP contribution in [0.15, 0.2) is 41.3 Å². The number of sulfonamides is 1. The largest absolute Gasteiger partial charge is 0.345 e. The van der Waals surface area contributed by atoms with Crippen LogP contribution in [0.5, 0.6) is 0 Å². The lowest BCUT2D eigenvalue weighted by atomic mass is 10.1. The van der Waals surface area contributed by atoms with Gasteiger partial charge in [-0.3, -0.25) is 0 Å². The van der Waals surface area contributed by atoms with Crippen LogP contribution in [0.4, 0.5) is 0 Å². The summed E-state index contributed by atoms with van der Waals surface area (Å²) >= 11 is 6.18. The van der Waals surface area contributed by atoms with Crippen LogP contribution in [0, 0.1) is 0 Å². The zero-order chi connectivity index (χ0) is 14.9. The predicted molar refractivity (Wildman–Crippen MR) is 84.0 cm³/mol. The highest BCUT2D eigenvalue weighted by Gasteiger charge is 2.27. The van der Waals surface area contributed by atoms with Crippen molar-refractivity contribution in [2.24, 2.45) is 0 Å². The second-order valence-electron chi connectivity index (χ2n) is 5.21. The average molecular weight is 326 g/mol. The molecule has 0 atom stereocenters. The predicted octanol–water partition coefficient (Wildman–Crippen LogP) is 1.45. The van der Waals surface area contributed by atoms with Crippen LogP contribution in [0.3, 0.4) is 0 Å². The molecule has 1 heterocycles. The van der Waals surface area contributed by atoms with Gasteiger partial charge in [-0.15, -0.1) is 0 Å². The smallest absolute Gasteiger partial charge is 0.243 e. The van der Waals surface area contributed by atoms with Crippen LogP contribution in [0.2, 0.25) is 5.02 Å². The molecule has 112 valence electrons. The standard InChI is InChI=1S/C15H17ClN2O2S/c16-14-6-1-5-13-12(14)4-2-7-15(13)21(19,20)18-10-3-8-17-9-11-18/h1-2,4-7,17H,3,8-11H2/p+1. The molecule has 2 aromatic carbocycles. The van der Waals surface area contributed by atoms with E-state index in [-0.39, 0.29) is 0 Å². The van der Waals surface area contributed by atoms with Gasteiger partial charge < -0.3 is 5.32 Å². The fourth-order valence-electron chi connectivity index (χ4n) is 2.75. The van der Waals surface area contributed by atoms with Gasteiger partial charge in [0, 0.05) is 28.8 Å². The third-order valence-corrected chi connectivity index (χ3v) is 6.13. The summed E-state index contributed by atoms with van der Waals surface area (Å²) in [6.07, 6.45) is 0.880. The highest BCUT2D eigenvalue weighted by Crippen LogP contribution is 2.30. The molecule has 1 fully saturated rings. The van der Waals surface area contributed by atoms with Crippen molar-refractivity contribution in [2.45, 2.75) is 11.3 Å². The summed E-state index contributed by atoms with van der Waals surface area (Å²) in [5.41, 5.74) is 0. The van der Waals surface area contributed by atoms with E-state index >= 15 is 0 Å². The normalized spacial score (nSPS) is 17.8. The molecule has 2 N–H and O–H groups in total. The first-order valence-corrected chi connectivity index (χ1v) is 8.91. The number of rotatable bonds is 2. The maximum atomic E-state index is 12.9. The minimum atomic E-state index is -3.47. The topological polar surface area (TPSA) is 54.0 Å². The van der Waals surface area contributed by atoms with Crippen molar-refractivity contribution in [3.8, 4) is 0 Å². The average Bonchev–Trinajstić information content (AvgIpc) is 2.77. The summed E-state index contributed by atoms with van der Waals surface area (Å²) in [4.78, 5) is 0.351. The van der Waals surface area contributed by atoms with E-state index in [0.717, 1.165) is 24.9 Å². The van der Waals surface area contributed by atoms with E-state index < -0.39 is 10.0 Å². The van der Waals surface area contributed by atoms with Gasteiger partial charge in [0.05, 0.1) is 24.5 Å². The molecule has 6 heteroatoms. The van der Waals surface area contributed by atoms with Crippen molar-refractivity contribution in [3.63, 3.8) is 0 Å². The zero-order valence-corrected chi connectivity index (χ0v) is 13.2. The van der Waals surface area contributed by atoms with Gasteiger partial charge in [0.15, 0.2) is 0 Å². The molecule has 0 saturated carbocycles. The Morgan fingerprint density at radius 2 is 1.76 bits per heavy atom. The monoisotopic (exact) mass is 325 g/mol. The Morgan fingerprint density at radius 1 is 1.00 bits per heavy atom. The molecule has 0 unspecified atom stereocenters. The minimum Gasteiger partial charge on any atom is -0.345 e. The van der Waals surface area contributed by atoms with E-state index in [4.69, 9.17) is 11.6 Å². The Balaban J connectivity index is 2.12. The summed E-state index contributed by atoms with van der Waals surface area (Å²) in [6, 6.07) is 10.7. The van der Waals surface area contributed by atoms with E-state index in [1.54, 1.807) is 28.6 Å². The van der Waals surface area contributed by atoms with Gasteiger partial charge >= 0.3 is 0 Å². The Labute approximate surface area is 129 Å². The first kappa shape index (κ1) is 14.8. The number of halogens is 1. The lowest BCUT2D eigenvalue weighted by Crippen LogP contribution is -2.84. The van der Waals surface area contributed by atoms with Crippen molar-refractivity contribution >= 4 is 32.4 Å². The Morgan fingerprint density at radius 3 is 2.62 bits per heavy atom. The molecule has 0 amide bonds. The van der Waals surface area contributed by atoms with Crippen molar-refractivity contribution < 1.29 is 13.7 Å². The summed E-state index contributed by atoms with van der Waals surface area (Å²) in [6.45, 7) is 2.92. The fraction of sp³-hybridized carbons (Fsp3) is 0.333. The Bertz CT molecular complexity index is 753. The van der Waals surface area contributed by atoms with Gasteiger partial charge in [-0.2, -0.15) is 4.31 Å². The van der Waals surface area contributed by atoms with Crippen LogP contribution in [0.25, 0.3) is 10.8 Å². The maximum Gasteiger partial charge on any atom is 0.243 e. The minimum absolute atomic E-state index is 0.351.